The van der Waals surface area contributed by atoms with E-state index in [-0.39, 0.29) is 11.6 Å². The van der Waals surface area contributed by atoms with Crippen molar-refractivity contribution >= 4 is 21.8 Å². The van der Waals surface area contributed by atoms with Crippen molar-refractivity contribution in [3.63, 3.8) is 0 Å². The lowest BCUT2D eigenvalue weighted by Crippen LogP contribution is -2.33. The lowest BCUT2D eigenvalue weighted by atomic mass is 10.1. The molecule has 1 atom stereocenters. The third kappa shape index (κ3) is 3.07. The Labute approximate surface area is 102 Å². The standard InChI is InChI=1S/C12H11BrFNO/c1-3-5-8(2)15-12(16)11-9(13)6-4-7-10(11)14/h1,4,6-8H,5H2,2H3,(H,15,16). The summed E-state index contributed by atoms with van der Waals surface area (Å²) in [7, 11) is 0. The molecule has 0 spiro atoms. The smallest absolute Gasteiger partial charge is 0.255 e. The van der Waals surface area contributed by atoms with Gasteiger partial charge in [0.1, 0.15) is 5.82 Å². The van der Waals surface area contributed by atoms with Gasteiger partial charge in [-0.05, 0) is 35.0 Å². The predicted octanol–water partition coefficient (Wildman–Crippen LogP) is 2.73. The molecule has 16 heavy (non-hydrogen) atoms. The fourth-order valence-electron chi connectivity index (χ4n) is 1.24. The van der Waals surface area contributed by atoms with Gasteiger partial charge in [-0.3, -0.25) is 4.79 Å². The summed E-state index contributed by atoms with van der Waals surface area (Å²) in [6.45, 7) is 1.77. The molecule has 2 nitrogen and oxygen atoms in total. The molecule has 1 rings (SSSR count). The van der Waals surface area contributed by atoms with Crippen molar-refractivity contribution in [1.29, 1.82) is 0 Å². The van der Waals surface area contributed by atoms with E-state index in [1.807, 2.05) is 0 Å². The monoisotopic (exact) mass is 283 g/mol. The van der Waals surface area contributed by atoms with Crippen molar-refractivity contribution in [2.75, 3.05) is 0 Å². The maximum atomic E-state index is 13.4. The van der Waals surface area contributed by atoms with Crippen LogP contribution in [0.3, 0.4) is 0 Å². The highest BCUT2D eigenvalue weighted by atomic mass is 79.9. The van der Waals surface area contributed by atoms with Gasteiger partial charge in [0.25, 0.3) is 5.91 Å². The summed E-state index contributed by atoms with van der Waals surface area (Å²) < 4.78 is 13.8. The van der Waals surface area contributed by atoms with E-state index in [0.717, 1.165) is 0 Å². The first kappa shape index (κ1) is 12.7. The maximum Gasteiger partial charge on any atom is 0.255 e. The Hall–Kier alpha value is -1.34. The third-order valence-corrected chi connectivity index (χ3v) is 2.65. The van der Waals surface area contributed by atoms with E-state index in [2.05, 4.69) is 27.2 Å². The molecule has 0 aromatic heterocycles. The molecular weight excluding hydrogens is 273 g/mol. The zero-order valence-corrected chi connectivity index (χ0v) is 10.3. The summed E-state index contributed by atoms with van der Waals surface area (Å²) in [6, 6.07) is 4.21. The molecule has 0 bridgehead atoms. The Balaban J connectivity index is 2.85. The van der Waals surface area contributed by atoms with E-state index in [1.165, 1.54) is 12.1 Å². The van der Waals surface area contributed by atoms with Crippen LogP contribution in [0.1, 0.15) is 23.7 Å². The van der Waals surface area contributed by atoms with Gasteiger partial charge in [0, 0.05) is 16.9 Å². The molecule has 1 unspecified atom stereocenters. The minimum atomic E-state index is -0.556. The number of rotatable bonds is 3. The van der Waals surface area contributed by atoms with Gasteiger partial charge in [0.05, 0.1) is 5.56 Å². The average Bonchev–Trinajstić information content (AvgIpc) is 2.17. The van der Waals surface area contributed by atoms with Crippen molar-refractivity contribution < 1.29 is 9.18 Å². The molecule has 0 heterocycles. The van der Waals surface area contributed by atoms with Gasteiger partial charge in [0.15, 0.2) is 0 Å². The molecule has 0 aliphatic rings. The number of hydrogen-bond donors (Lipinski definition) is 1. The quantitative estimate of drug-likeness (QED) is 0.850. The highest BCUT2D eigenvalue weighted by molar-refractivity contribution is 9.10. The van der Waals surface area contributed by atoms with Gasteiger partial charge in [0.2, 0.25) is 0 Å². The number of nitrogens with one attached hydrogen (secondary N) is 1. The summed E-state index contributed by atoms with van der Waals surface area (Å²) >= 11 is 3.14. The van der Waals surface area contributed by atoms with E-state index in [4.69, 9.17) is 6.42 Å². The summed E-state index contributed by atoms with van der Waals surface area (Å²) in [5.41, 5.74) is 0.00590. The first-order chi connectivity index (χ1) is 7.56. The Morgan fingerprint density at radius 2 is 2.38 bits per heavy atom. The summed E-state index contributed by atoms with van der Waals surface area (Å²) in [5, 5.41) is 2.63. The summed E-state index contributed by atoms with van der Waals surface area (Å²) in [6.07, 6.45) is 5.53. The van der Waals surface area contributed by atoms with Crippen LogP contribution in [0.4, 0.5) is 4.39 Å². The Kier molecular flexibility index (Phi) is 4.51. The van der Waals surface area contributed by atoms with Crippen LogP contribution in [0, 0.1) is 18.2 Å². The normalized spacial score (nSPS) is 11.6. The van der Waals surface area contributed by atoms with Gasteiger partial charge in [-0.15, -0.1) is 12.3 Å². The van der Waals surface area contributed by atoms with E-state index in [9.17, 15) is 9.18 Å². The molecule has 1 aromatic carbocycles. The molecule has 4 heteroatoms. The molecule has 1 aromatic rings. The predicted molar refractivity (Wildman–Crippen MR) is 64.5 cm³/mol. The minimum Gasteiger partial charge on any atom is -0.349 e. The SMILES string of the molecule is C#CCC(C)NC(=O)c1c(F)cccc1Br. The van der Waals surface area contributed by atoms with E-state index < -0.39 is 11.7 Å². The van der Waals surface area contributed by atoms with E-state index in [0.29, 0.717) is 10.9 Å². The number of carbonyl (C=O) groups is 1. The molecule has 0 aliphatic carbocycles. The molecule has 84 valence electrons. The lowest BCUT2D eigenvalue weighted by Gasteiger charge is -2.12. The van der Waals surface area contributed by atoms with Crippen molar-refractivity contribution in [1.82, 2.24) is 5.32 Å². The van der Waals surface area contributed by atoms with Crippen LogP contribution in [0.25, 0.3) is 0 Å². The fraction of sp³-hybridized carbons (Fsp3) is 0.250. The minimum absolute atomic E-state index is 0.00590. The first-order valence-corrected chi connectivity index (χ1v) is 5.54. The highest BCUT2D eigenvalue weighted by Crippen LogP contribution is 2.19. The van der Waals surface area contributed by atoms with Crippen LogP contribution < -0.4 is 5.32 Å². The van der Waals surface area contributed by atoms with Crippen molar-refractivity contribution in [2.45, 2.75) is 19.4 Å². The second-order valence-corrected chi connectivity index (χ2v) is 4.23. The van der Waals surface area contributed by atoms with Gasteiger partial charge in [-0.25, -0.2) is 4.39 Å². The highest BCUT2D eigenvalue weighted by Gasteiger charge is 2.16. The lowest BCUT2D eigenvalue weighted by molar-refractivity contribution is 0.0936. The van der Waals surface area contributed by atoms with E-state index >= 15 is 0 Å². The molecule has 0 fully saturated rings. The topological polar surface area (TPSA) is 29.1 Å². The van der Waals surface area contributed by atoms with Crippen LogP contribution in [0.2, 0.25) is 0 Å². The second-order valence-electron chi connectivity index (χ2n) is 3.38. The number of terminal acetylenes is 1. The first-order valence-electron chi connectivity index (χ1n) is 4.74. The largest absolute Gasteiger partial charge is 0.349 e. The van der Waals surface area contributed by atoms with Crippen LogP contribution in [0.5, 0.6) is 0 Å². The molecule has 0 saturated heterocycles. The van der Waals surface area contributed by atoms with E-state index in [1.54, 1.807) is 13.0 Å². The number of carbonyl (C=O) groups excluding carboxylic acids is 1. The molecule has 0 aliphatic heterocycles. The second kappa shape index (κ2) is 5.66. The van der Waals surface area contributed by atoms with Gasteiger partial charge >= 0.3 is 0 Å². The average molecular weight is 284 g/mol. The van der Waals surface area contributed by atoms with Crippen LogP contribution in [-0.4, -0.2) is 11.9 Å². The number of halogens is 2. The molecule has 1 amide bonds. The van der Waals surface area contributed by atoms with Crippen molar-refractivity contribution in [3.8, 4) is 12.3 Å². The number of amides is 1. The zero-order valence-electron chi connectivity index (χ0n) is 8.76. The van der Waals surface area contributed by atoms with Crippen LogP contribution in [-0.2, 0) is 0 Å². The third-order valence-electron chi connectivity index (χ3n) is 1.99. The summed E-state index contributed by atoms with van der Waals surface area (Å²) in [4.78, 5) is 11.7. The molecular formula is C12H11BrFNO. The Morgan fingerprint density at radius 1 is 1.69 bits per heavy atom. The fourth-order valence-corrected chi connectivity index (χ4v) is 1.76. The van der Waals surface area contributed by atoms with Gasteiger partial charge in [-0.2, -0.15) is 0 Å². The molecule has 1 N–H and O–H groups in total. The Bertz CT molecular complexity index is 419. The van der Waals surface area contributed by atoms with Gasteiger partial charge < -0.3 is 5.32 Å². The van der Waals surface area contributed by atoms with Crippen LogP contribution in [0.15, 0.2) is 22.7 Å². The number of hydrogen-bond acceptors (Lipinski definition) is 1. The number of benzene rings is 1. The van der Waals surface area contributed by atoms with Crippen molar-refractivity contribution in [3.05, 3.63) is 34.1 Å². The maximum absolute atomic E-state index is 13.4. The molecule has 0 saturated carbocycles. The Morgan fingerprint density at radius 3 is 2.94 bits per heavy atom. The van der Waals surface area contributed by atoms with Gasteiger partial charge in [-0.1, -0.05) is 6.07 Å². The van der Waals surface area contributed by atoms with Crippen molar-refractivity contribution in [2.24, 2.45) is 0 Å². The summed E-state index contributed by atoms with van der Waals surface area (Å²) in [5.74, 6) is 1.41. The van der Waals surface area contributed by atoms with Crippen LogP contribution >= 0.6 is 15.9 Å². The molecule has 0 radical (unpaired) electrons. The zero-order chi connectivity index (χ0) is 12.1.